The molecule has 6 nitrogen and oxygen atoms in total. The Labute approximate surface area is 148 Å². The van der Waals surface area contributed by atoms with Gasteiger partial charge in [0.25, 0.3) is 0 Å². The van der Waals surface area contributed by atoms with Gasteiger partial charge in [0.15, 0.2) is 5.78 Å². The summed E-state index contributed by atoms with van der Waals surface area (Å²) < 4.78 is 4.79. The van der Waals surface area contributed by atoms with Crippen LogP contribution in [0.3, 0.4) is 0 Å². The second kappa shape index (κ2) is 8.83. The molecule has 6 heteroatoms. The van der Waals surface area contributed by atoms with Gasteiger partial charge in [-0.05, 0) is 31.2 Å². The van der Waals surface area contributed by atoms with Gasteiger partial charge in [-0.25, -0.2) is 4.79 Å². The van der Waals surface area contributed by atoms with Crippen molar-refractivity contribution in [2.24, 2.45) is 5.92 Å². The van der Waals surface area contributed by atoms with E-state index in [-0.39, 0.29) is 23.7 Å². The minimum Gasteiger partial charge on any atom is -0.465 e. The number of H-pyrrole nitrogens is 1. The summed E-state index contributed by atoms with van der Waals surface area (Å²) in [7, 11) is 1.29. The summed E-state index contributed by atoms with van der Waals surface area (Å²) in [5.74, 6) is -0.0592. The van der Waals surface area contributed by atoms with E-state index in [2.05, 4.69) is 10.3 Å². The average Bonchev–Trinajstić information content (AvgIpc) is 3.19. The number of aromatic nitrogens is 1. The van der Waals surface area contributed by atoms with Gasteiger partial charge in [0.05, 0.1) is 24.8 Å². The Morgan fingerprint density at radius 1 is 1.24 bits per heavy atom. The molecule has 0 saturated heterocycles. The highest BCUT2D eigenvalue weighted by Gasteiger charge is 2.24. The monoisotopic (exact) mass is 348 g/mol. The number of ether oxygens (including phenoxy) is 1. The number of rotatable bonds is 8. The fraction of sp³-hybridized carbons (Fsp3) is 0.632. The zero-order valence-electron chi connectivity index (χ0n) is 15.4. The van der Waals surface area contributed by atoms with Crippen LogP contribution in [-0.4, -0.2) is 36.3 Å². The predicted octanol–water partition coefficient (Wildman–Crippen LogP) is 2.94. The molecule has 0 bridgehead atoms. The van der Waals surface area contributed by atoms with Crippen molar-refractivity contribution in [3.05, 3.63) is 22.5 Å². The number of ketones is 1. The Morgan fingerprint density at radius 2 is 1.92 bits per heavy atom. The van der Waals surface area contributed by atoms with E-state index in [1.54, 1.807) is 6.92 Å². The lowest BCUT2D eigenvalue weighted by Gasteiger charge is -2.09. The first-order valence-electron chi connectivity index (χ1n) is 9.01. The molecule has 1 fully saturated rings. The molecule has 0 unspecified atom stereocenters. The Morgan fingerprint density at radius 3 is 2.52 bits per heavy atom. The number of carbonyl (C=O) groups excluding carboxylic acids is 3. The molecule has 25 heavy (non-hydrogen) atoms. The minimum atomic E-state index is -0.537. The van der Waals surface area contributed by atoms with Crippen LogP contribution < -0.4 is 5.32 Å². The van der Waals surface area contributed by atoms with Gasteiger partial charge in [0, 0.05) is 19.2 Å². The first-order chi connectivity index (χ1) is 11.9. The summed E-state index contributed by atoms with van der Waals surface area (Å²) in [6.45, 7) is 3.75. The third-order valence-electron chi connectivity index (χ3n) is 4.99. The van der Waals surface area contributed by atoms with Gasteiger partial charge in [0.1, 0.15) is 0 Å². The molecule has 0 radical (unpaired) electrons. The molecule has 1 saturated carbocycles. The van der Waals surface area contributed by atoms with Gasteiger partial charge >= 0.3 is 5.97 Å². The van der Waals surface area contributed by atoms with E-state index in [1.807, 2.05) is 0 Å². The van der Waals surface area contributed by atoms with Gasteiger partial charge in [-0.15, -0.1) is 0 Å². The number of hydrogen-bond acceptors (Lipinski definition) is 4. The van der Waals surface area contributed by atoms with Crippen LogP contribution in [0.25, 0.3) is 0 Å². The third kappa shape index (κ3) is 4.94. The molecule has 1 aromatic rings. The Kier molecular flexibility index (Phi) is 6.79. The number of hydrogen-bond donors (Lipinski definition) is 2. The molecule has 0 spiro atoms. The van der Waals surface area contributed by atoms with Crippen LogP contribution in [0.1, 0.15) is 77.6 Å². The normalized spacial score (nSPS) is 14.5. The van der Waals surface area contributed by atoms with Crippen LogP contribution in [0.2, 0.25) is 0 Å². The van der Waals surface area contributed by atoms with Crippen LogP contribution in [0.5, 0.6) is 0 Å². The molecule has 2 N–H and O–H groups in total. The van der Waals surface area contributed by atoms with E-state index < -0.39 is 5.97 Å². The van der Waals surface area contributed by atoms with Crippen molar-refractivity contribution in [3.8, 4) is 0 Å². The largest absolute Gasteiger partial charge is 0.465 e. The van der Waals surface area contributed by atoms with Gasteiger partial charge in [-0.2, -0.15) is 0 Å². The second-order valence-electron chi connectivity index (χ2n) is 6.85. The highest BCUT2D eigenvalue weighted by molar-refractivity contribution is 6.01. The molecule has 1 amide bonds. The van der Waals surface area contributed by atoms with E-state index >= 15 is 0 Å². The lowest BCUT2D eigenvalue weighted by Crippen LogP contribution is -2.27. The maximum absolute atomic E-state index is 12.2. The quantitative estimate of drug-likeness (QED) is 0.429. The van der Waals surface area contributed by atoms with Crippen molar-refractivity contribution >= 4 is 17.7 Å². The standard InChI is InChI=1S/C19H28N2O4/c1-12-17(19(24)25-3)15(21-18(12)13(2)22)11-16(23)20-10-6-9-14-7-4-5-8-14/h14,21H,4-11H2,1-3H3,(H,20,23). The molecule has 1 aromatic heterocycles. The number of carbonyl (C=O) groups is 3. The highest BCUT2D eigenvalue weighted by atomic mass is 16.5. The summed E-state index contributed by atoms with van der Waals surface area (Å²) in [4.78, 5) is 38.8. The fourth-order valence-corrected chi connectivity index (χ4v) is 3.66. The summed E-state index contributed by atoms with van der Waals surface area (Å²) in [5.41, 5.74) is 1.60. The predicted molar refractivity (Wildman–Crippen MR) is 94.8 cm³/mol. The van der Waals surface area contributed by atoms with Gasteiger partial charge in [0.2, 0.25) is 5.91 Å². The van der Waals surface area contributed by atoms with Crippen molar-refractivity contribution in [2.45, 2.75) is 58.8 Å². The number of amides is 1. The topological polar surface area (TPSA) is 88.3 Å². The van der Waals surface area contributed by atoms with Crippen molar-refractivity contribution in [2.75, 3.05) is 13.7 Å². The van der Waals surface area contributed by atoms with Crippen molar-refractivity contribution in [1.29, 1.82) is 0 Å². The summed E-state index contributed by atoms with van der Waals surface area (Å²) in [5, 5.41) is 2.90. The van der Waals surface area contributed by atoms with Crippen LogP contribution in [0.4, 0.5) is 0 Å². The third-order valence-corrected chi connectivity index (χ3v) is 4.99. The zero-order chi connectivity index (χ0) is 18.4. The van der Waals surface area contributed by atoms with Crippen molar-refractivity contribution in [1.82, 2.24) is 10.3 Å². The molecule has 0 aliphatic heterocycles. The molecule has 1 aliphatic carbocycles. The van der Waals surface area contributed by atoms with E-state index in [0.29, 0.717) is 23.5 Å². The van der Waals surface area contributed by atoms with E-state index in [0.717, 1.165) is 18.8 Å². The van der Waals surface area contributed by atoms with E-state index in [1.165, 1.54) is 39.7 Å². The van der Waals surface area contributed by atoms with E-state index in [9.17, 15) is 14.4 Å². The highest BCUT2D eigenvalue weighted by Crippen LogP contribution is 2.28. The van der Waals surface area contributed by atoms with E-state index in [4.69, 9.17) is 4.74 Å². The molecule has 1 aliphatic rings. The molecule has 2 rings (SSSR count). The van der Waals surface area contributed by atoms with Crippen LogP contribution in [0, 0.1) is 12.8 Å². The molecule has 138 valence electrons. The average molecular weight is 348 g/mol. The molecule has 0 aromatic carbocycles. The molecule has 1 heterocycles. The van der Waals surface area contributed by atoms with Crippen molar-refractivity contribution < 1.29 is 19.1 Å². The Balaban J connectivity index is 1.93. The van der Waals surface area contributed by atoms with Gasteiger partial charge in [-0.1, -0.05) is 25.7 Å². The lowest BCUT2D eigenvalue weighted by molar-refractivity contribution is -0.120. The van der Waals surface area contributed by atoms with Crippen LogP contribution in [-0.2, 0) is 16.0 Å². The van der Waals surface area contributed by atoms with Gasteiger partial charge in [-0.3, -0.25) is 9.59 Å². The summed E-state index contributed by atoms with van der Waals surface area (Å²) >= 11 is 0. The number of methoxy groups -OCH3 is 1. The Bertz CT molecular complexity index is 642. The number of aromatic amines is 1. The molecular formula is C19H28N2O4. The maximum atomic E-state index is 12.2. The first-order valence-corrected chi connectivity index (χ1v) is 9.01. The smallest absolute Gasteiger partial charge is 0.339 e. The fourth-order valence-electron chi connectivity index (χ4n) is 3.66. The van der Waals surface area contributed by atoms with Gasteiger partial charge < -0.3 is 15.0 Å². The van der Waals surface area contributed by atoms with Crippen LogP contribution >= 0.6 is 0 Å². The minimum absolute atomic E-state index is 0.0297. The number of esters is 1. The molecular weight excluding hydrogens is 320 g/mol. The zero-order valence-corrected chi connectivity index (χ0v) is 15.4. The second-order valence-corrected chi connectivity index (χ2v) is 6.85. The summed E-state index contributed by atoms with van der Waals surface area (Å²) in [6.07, 6.45) is 7.45. The number of Topliss-reactive ketones (excluding diaryl/α,β-unsaturated/α-hetero) is 1. The first kappa shape index (κ1) is 19.2. The van der Waals surface area contributed by atoms with Crippen LogP contribution in [0.15, 0.2) is 0 Å². The summed E-state index contributed by atoms with van der Waals surface area (Å²) in [6, 6.07) is 0. The maximum Gasteiger partial charge on any atom is 0.339 e. The van der Waals surface area contributed by atoms with Crippen molar-refractivity contribution in [3.63, 3.8) is 0 Å². The SMILES string of the molecule is COC(=O)c1c(CC(=O)NCCCC2CCCC2)[nH]c(C(C)=O)c1C. The number of nitrogens with one attached hydrogen (secondary N) is 2. The molecule has 0 atom stereocenters. The Hall–Kier alpha value is -2.11. The lowest BCUT2D eigenvalue weighted by atomic mass is 10.0.